The molecule has 0 N–H and O–H groups in total. The fourth-order valence-electron chi connectivity index (χ4n) is 6.41. The van der Waals surface area contributed by atoms with Gasteiger partial charge in [-0.1, -0.05) is 91.4 Å². The summed E-state index contributed by atoms with van der Waals surface area (Å²) in [5.41, 5.74) is 6.04. The number of hydrogen-bond donors (Lipinski definition) is 0. The van der Waals surface area contributed by atoms with E-state index >= 15 is 0 Å². The van der Waals surface area contributed by atoms with Crippen molar-refractivity contribution in [2.24, 2.45) is 0 Å². The highest BCUT2D eigenvalue weighted by Crippen LogP contribution is 2.56. The van der Waals surface area contributed by atoms with Crippen LogP contribution in [0.1, 0.15) is 51.3 Å². The average Bonchev–Trinajstić information content (AvgIpc) is 3.31. The smallest absolute Gasteiger partial charge is 0.223 e. The molecule has 38 heavy (non-hydrogen) atoms. The molecule has 4 heteroatoms. The molecule has 2 aromatic heterocycles. The van der Waals surface area contributed by atoms with Gasteiger partial charge in [0.25, 0.3) is 5.82 Å². The van der Waals surface area contributed by atoms with E-state index in [4.69, 9.17) is 9.97 Å². The molecule has 188 valence electrons. The molecular formula is C34H32N3S+. The van der Waals surface area contributed by atoms with Gasteiger partial charge in [-0.2, -0.15) is 0 Å². The van der Waals surface area contributed by atoms with Crippen LogP contribution in [0.3, 0.4) is 0 Å². The van der Waals surface area contributed by atoms with E-state index in [1.54, 1.807) is 11.3 Å². The van der Waals surface area contributed by atoms with Gasteiger partial charge in [-0.15, -0.1) is 11.3 Å². The third-order valence-corrected chi connectivity index (χ3v) is 10.1. The minimum absolute atomic E-state index is 0.00135. The number of fused-ring (bicyclic) bond motifs is 8. The highest BCUT2D eigenvalue weighted by Gasteiger charge is 2.59. The Balaban J connectivity index is 1.51. The second kappa shape index (κ2) is 7.70. The SMILES string of the molecule is Cc1cc(-c2ccccc2)sc1-c1nc[n+]2c(n1)-c1cc(C(C)(C)C)c3ccccc3c1C1(C)C=CC21C. The minimum atomic E-state index is -0.223. The fraction of sp³-hybridized carbons (Fsp3) is 0.265. The standard InChI is InChI=1S/C34H32N3S/c1-21-18-27(22-12-8-7-9-13-22)38-29(21)30-35-20-37-31(36-30)25-19-26(32(2,3)4)23-14-10-11-15-24(23)28(25)33(5)16-17-34(33,37)6/h7-20H,1-6H3/q+1. The van der Waals surface area contributed by atoms with Gasteiger partial charge in [-0.3, -0.25) is 0 Å². The predicted octanol–water partition coefficient (Wildman–Crippen LogP) is 8.14. The molecule has 0 amide bonds. The summed E-state index contributed by atoms with van der Waals surface area (Å²) in [7, 11) is 0. The Morgan fingerprint density at radius 1 is 0.868 bits per heavy atom. The van der Waals surface area contributed by atoms with Crippen molar-refractivity contribution >= 4 is 22.1 Å². The lowest BCUT2D eigenvalue weighted by Crippen LogP contribution is -2.70. The number of hydrogen-bond acceptors (Lipinski definition) is 3. The van der Waals surface area contributed by atoms with Crippen LogP contribution in [-0.2, 0) is 16.4 Å². The summed E-state index contributed by atoms with van der Waals surface area (Å²) in [5, 5.41) is 2.67. The third-order valence-electron chi connectivity index (χ3n) is 8.82. The molecule has 0 radical (unpaired) electrons. The molecule has 0 saturated carbocycles. The molecule has 7 rings (SSSR count). The molecule has 3 nitrogen and oxygen atoms in total. The van der Waals surface area contributed by atoms with E-state index in [-0.39, 0.29) is 16.4 Å². The van der Waals surface area contributed by atoms with E-state index in [1.807, 2.05) is 6.33 Å². The van der Waals surface area contributed by atoms with E-state index in [1.165, 1.54) is 43.5 Å². The van der Waals surface area contributed by atoms with Gasteiger partial charge in [0.1, 0.15) is 10.4 Å². The number of thiophene rings is 1. The summed E-state index contributed by atoms with van der Waals surface area (Å²) in [5.74, 6) is 1.80. The molecule has 0 fully saturated rings. The monoisotopic (exact) mass is 514 g/mol. The van der Waals surface area contributed by atoms with Crippen molar-refractivity contribution in [3.8, 4) is 32.5 Å². The minimum Gasteiger partial charge on any atom is -0.223 e. The zero-order valence-electron chi connectivity index (χ0n) is 22.8. The molecule has 0 spiro atoms. The molecule has 3 aromatic carbocycles. The van der Waals surface area contributed by atoms with Gasteiger partial charge in [0.2, 0.25) is 6.33 Å². The van der Waals surface area contributed by atoms with Gasteiger partial charge in [0.15, 0.2) is 0 Å². The summed E-state index contributed by atoms with van der Waals surface area (Å²) in [4.78, 5) is 12.7. The van der Waals surface area contributed by atoms with Crippen molar-refractivity contribution in [2.75, 3.05) is 0 Å². The van der Waals surface area contributed by atoms with Crippen molar-refractivity contribution in [1.82, 2.24) is 9.97 Å². The van der Waals surface area contributed by atoms with Crippen molar-refractivity contribution < 1.29 is 4.57 Å². The van der Waals surface area contributed by atoms with Crippen LogP contribution in [0.15, 0.2) is 85.2 Å². The number of rotatable bonds is 2. The fourth-order valence-corrected chi connectivity index (χ4v) is 7.53. The van der Waals surface area contributed by atoms with Crippen LogP contribution < -0.4 is 4.57 Å². The van der Waals surface area contributed by atoms with E-state index in [9.17, 15) is 0 Å². The Kier molecular flexibility index (Phi) is 4.76. The summed E-state index contributed by atoms with van der Waals surface area (Å²) in [6.45, 7) is 13.8. The van der Waals surface area contributed by atoms with Crippen molar-refractivity contribution in [3.05, 3.63) is 102 Å². The Morgan fingerprint density at radius 2 is 1.58 bits per heavy atom. The van der Waals surface area contributed by atoms with Gasteiger partial charge in [0, 0.05) is 4.88 Å². The van der Waals surface area contributed by atoms with Gasteiger partial charge in [-0.25, -0.2) is 4.57 Å². The van der Waals surface area contributed by atoms with Gasteiger partial charge >= 0.3 is 5.82 Å². The Labute approximate surface area is 228 Å². The largest absolute Gasteiger partial charge is 0.318 e. The quantitative estimate of drug-likeness (QED) is 0.176. The van der Waals surface area contributed by atoms with Crippen LogP contribution in [0.4, 0.5) is 0 Å². The highest BCUT2D eigenvalue weighted by molar-refractivity contribution is 7.19. The summed E-state index contributed by atoms with van der Waals surface area (Å²) >= 11 is 1.77. The van der Waals surface area contributed by atoms with E-state index in [2.05, 4.69) is 125 Å². The van der Waals surface area contributed by atoms with Gasteiger partial charge in [0.05, 0.1) is 11.0 Å². The van der Waals surface area contributed by atoms with Crippen molar-refractivity contribution in [2.45, 2.75) is 57.9 Å². The summed E-state index contributed by atoms with van der Waals surface area (Å²) in [6.07, 6.45) is 6.71. The first-order chi connectivity index (χ1) is 18.1. The zero-order valence-corrected chi connectivity index (χ0v) is 23.6. The van der Waals surface area contributed by atoms with Crippen molar-refractivity contribution in [3.63, 3.8) is 0 Å². The first-order valence-electron chi connectivity index (χ1n) is 13.3. The van der Waals surface area contributed by atoms with Crippen LogP contribution >= 0.6 is 11.3 Å². The first kappa shape index (κ1) is 23.5. The topological polar surface area (TPSA) is 29.7 Å². The second-order valence-corrected chi connectivity index (χ2v) is 13.2. The normalized spacial score (nSPS) is 21.5. The highest BCUT2D eigenvalue weighted by atomic mass is 32.1. The van der Waals surface area contributed by atoms with Crippen molar-refractivity contribution in [1.29, 1.82) is 0 Å². The second-order valence-electron chi connectivity index (χ2n) is 12.2. The van der Waals surface area contributed by atoms with Crippen LogP contribution in [0.5, 0.6) is 0 Å². The van der Waals surface area contributed by atoms with Crippen LogP contribution in [0, 0.1) is 6.92 Å². The Hall–Kier alpha value is -3.63. The number of nitrogens with zero attached hydrogens (tertiary/aromatic N) is 3. The lowest BCUT2D eigenvalue weighted by Gasteiger charge is -2.52. The van der Waals surface area contributed by atoms with E-state index in [0.717, 1.165) is 16.5 Å². The van der Waals surface area contributed by atoms with E-state index in [0.29, 0.717) is 0 Å². The molecule has 0 saturated heterocycles. The van der Waals surface area contributed by atoms with Gasteiger partial charge in [-0.05, 0) is 77.4 Å². The van der Waals surface area contributed by atoms with Crippen LogP contribution in [0.2, 0.25) is 0 Å². The molecule has 1 aliphatic heterocycles. The summed E-state index contributed by atoms with van der Waals surface area (Å²) in [6, 6.07) is 24.2. The average molecular weight is 515 g/mol. The lowest BCUT2D eigenvalue weighted by molar-refractivity contribution is -0.758. The van der Waals surface area contributed by atoms with E-state index < -0.39 is 0 Å². The predicted molar refractivity (Wildman–Crippen MR) is 157 cm³/mol. The zero-order chi connectivity index (χ0) is 26.4. The molecule has 2 aliphatic rings. The molecule has 1 aliphatic carbocycles. The number of allylic oxidation sites excluding steroid dienone is 2. The maximum Gasteiger partial charge on any atom is 0.318 e. The lowest BCUT2D eigenvalue weighted by atomic mass is 9.55. The molecule has 5 aromatic rings. The maximum atomic E-state index is 5.35. The van der Waals surface area contributed by atoms with Crippen LogP contribution in [-0.4, -0.2) is 9.97 Å². The first-order valence-corrected chi connectivity index (χ1v) is 14.2. The van der Waals surface area contributed by atoms with Crippen LogP contribution in [0.25, 0.3) is 43.3 Å². The Morgan fingerprint density at radius 3 is 2.26 bits per heavy atom. The summed E-state index contributed by atoms with van der Waals surface area (Å²) < 4.78 is 2.31. The number of aryl methyl sites for hydroxylation is 1. The number of benzene rings is 3. The maximum absolute atomic E-state index is 5.35. The molecule has 3 heterocycles. The Bertz CT molecular complexity index is 1790. The number of aromatic nitrogens is 3. The third kappa shape index (κ3) is 3.04. The molecule has 0 bridgehead atoms. The molecule has 2 unspecified atom stereocenters. The van der Waals surface area contributed by atoms with Gasteiger partial charge < -0.3 is 0 Å². The molecular weight excluding hydrogens is 482 g/mol. The molecule has 2 atom stereocenters.